The van der Waals surface area contributed by atoms with Gasteiger partial charge < -0.3 is 15.1 Å². The van der Waals surface area contributed by atoms with Crippen molar-refractivity contribution in [3.05, 3.63) is 51.9 Å². The summed E-state index contributed by atoms with van der Waals surface area (Å²) >= 11 is 0. The first-order valence-corrected chi connectivity index (χ1v) is 9.41. The first-order chi connectivity index (χ1) is 13.0. The Bertz CT molecular complexity index is 869. The molecule has 0 spiro atoms. The molecule has 1 fully saturated rings. The van der Waals surface area contributed by atoms with E-state index in [0.717, 1.165) is 43.9 Å². The van der Waals surface area contributed by atoms with Gasteiger partial charge in [-0.15, -0.1) is 0 Å². The predicted octanol–water partition coefficient (Wildman–Crippen LogP) is 1.97. The number of nitrogens with one attached hydrogen (secondary N) is 1. The van der Waals surface area contributed by atoms with Crippen LogP contribution in [0.2, 0.25) is 0 Å². The van der Waals surface area contributed by atoms with Gasteiger partial charge in [0.2, 0.25) is 0 Å². The number of carbonyl (C=O) groups is 1. The molecule has 1 amide bonds. The number of amides is 1. The van der Waals surface area contributed by atoms with Crippen LogP contribution in [-0.2, 0) is 6.54 Å². The minimum absolute atomic E-state index is 0.193. The smallest absolute Gasteiger partial charge is 0.276 e. The first-order valence-electron chi connectivity index (χ1n) is 9.41. The summed E-state index contributed by atoms with van der Waals surface area (Å²) in [5.41, 5.74) is 2.98. The summed E-state index contributed by atoms with van der Waals surface area (Å²) in [5, 5.41) is 7.07. The molecule has 0 bridgehead atoms. The summed E-state index contributed by atoms with van der Waals surface area (Å²) < 4.78 is 1.33. The van der Waals surface area contributed by atoms with Gasteiger partial charge in [-0.05, 0) is 50.2 Å². The SMILES string of the molecule is CCCn1nc(C(=O)Nc2ccc(N3CCN(C)CC3)cc2C)ccc1=O. The van der Waals surface area contributed by atoms with E-state index in [0.29, 0.717) is 6.54 Å². The van der Waals surface area contributed by atoms with Crippen molar-refractivity contribution in [3.63, 3.8) is 0 Å². The molecule has 7 heteroatoms. The molecule has 1 N–H and O–H groups in total. The maximum atomic E-state index is 12.6. The van der Waals surface area contributed by atoms with E-state index < -0.39 is 0 Å². The molecule has 2 heterocycles. The summed E-state index contributed by atoms with van der Waals surface area (Å²) in [6, 6.07) is 8.94. The molecule has 1 aromatic carbocycles. The van der Waals surface area contributed by atoms with Crippen molar-refractivity contribution in [3.8, 4) is 0 Å². The van der Waals surface area contributed by atoms with Crippen LogP contribution in [0.15, 0.2) is 35.1 Å². The van der Waals surface area contributed by atoms with Gasteiger partial charge in [0.1, 0.15) is 5.69 Å². The minimum atomic E-state index is -0.310. The quantitative estimate of drug-likeness (QED) is 0.873. The van der Waals surface area contributed by atoms with E-state index in [1.54, 1.807) is 0 Å². The van der Waals surface area contributed by atoms with Gasteiger partial charge in [0, 0.05) is 50.2 Å². The number of benzene rings is 1. The lowest BCUT2D eigenvalue weighted by atomic mass is 10.1. The Hall–Kier alpha value is -2.67. The monoisotopic (exact) mass is 369 g/mol. The number of rotatable bonds is 5. The fourth-order valence-electron chi connectivity index (χ4n) is 3.18. The van der Waals surface area contributed by atoms with Crippen molar-refractivity contribution in [1.82, 2.24) is 14.7 Å². The zero-order valence-electron chi connectivity index (χ0n) is 16.2. The molecule has 2 aromatic rings. The van der Waals surface area contributed by atoms with Gasteiger partial charge in [-0.25, -0.2) is 4.68 Å². The van der Waals surface area contributed by atoms with Crippen LogP contribution in [0.4, 0.5) is 11.4 Å². The van der Waals surface area contributed by atoms with Crippen molar-refractivity contribution in [2.45, 2.75) is 26.8 Å². The van der Waals surface area contributed by atoms with Crippen LogP contribution < -0.4 is 15.8 Å². The van der Waals surface area contributed by atoms with E-state index >= 15 is 0 Å². The number of nitrogens with zero attached hydrogens (tertiary/aromatic N) is 4. The van der Waals surface area contributed by atoms with Crippen LogP contribution >= 0.6 is 0 Å². The average molecular weight is 369 g/mol. The van der Waals surface area contributed by atoms with Gasteiger partial charge in [-0.3, -0.25) is 9.59 Å². The highest BCUT2D eigenvalue weighted by atomic mass is 16.2. The van der Waals surface area contributed by atoms with Crippen LogP contribution in [-0.4, -0.2) is 53.8 Å². The molecule has 1 aliphatic heterocycles. The Morgan fingerprint density at radius 3 is 2.56 bits per heavy atom. The number of anilines is 2. The number of likely N-dealkylation sites (N-methyl/N-ethyl adjacent to an activating group) is 1. The Morgan fingerprint density at radius 2 is 1.89 bits per heavy atom. The normalized spacial score (nSPS) is 15.0. The minimum Gasteiger partial charge on any atom is -0.369 e. The fourth-order valence-corrected chi connectivity index (χ4v) is 3.18. The molecule has 1 saturated heterocycles. The molecule has 0 unspecified atom stereocenters. The lowest BCUT2D eigenvalue weighted by molar-refractivity contribution is 0.101. The lowest BCUT2D eigenvalue weighted by Crippen LogP contribution is -2.44. The zero-order valence-corrected chi connectivity index (χ0v) is 16.2. The highest BCUT2D eigenvalue weighted by molar-refractivity contribution is 6.03. The second kappa shape index (κ2) is 8.35. The molecule has 1 aromatic heterocycles. The van der Waals surface area contributed by atoms with Crippen LogP contribution in [0, 0.1) is 6.92 Å². The first kappa shape index (κ1) is 19.1. The van der Waals surface area contributed by atoms with E-state index in [9.17, 15) is 9.59 Å². The fraction of sp³-hybridized carbons (Fsp3) is 0.450. The van der Waals surface area contributed by atoms with E-state index in [1.807, 2.05) is 26.0 Å². The highest BCUT2D eigenvalue weighted by Crippen LogP contribution is 2.24. The topological polar surface area (TPSA) is 70.5 Å². The van der Waals surface area contributed by atoms with Gasteiger partial charge in [-0.1, -0.05) is 6.92 Å². The second-order valence-electron chi connectivity index (χ2n) is 7.02. The van der Waals surface area contributed by atoms with E-state index in [4.69, 9.17) is 0 Å². The Kier molecular flexibility index (Phi) is 5.91. The third-order valence-corrected chi connectivity index (χ3v) is 4.86. The zero-order chi connectivity index (χ0) is 19.4. The van der Waals surface area contributed by atoms with Crippen molar-refractivity contribution >= 4 is 17.3 Å². The molecule has 0 saturated carbocycles. The summed E-state index contributed by atoms with van der Waals surface area (Å²) in [7, 11) is 2.14. The van der Waals surface area contributed by atoms with Crippen LogP contribution in [0.25, 0.3) is 0 Å². The molecule has 1 aliphatic rings. The standard InChI is InChI=1S/C20H27N5O2/c1-4-9-25-19(26)8-7-18(22-25)20(27)21-17-6-5-16(14-15(17)2)24-12-10-23(3)11-13-24/h5-8,14H,4,9-13H2,1-3H3,(H,21,27). The third kappa shape index (κ3) is 4.54. The number of aromatic nitrogens is 2. The van der Waals surface area contributed by atoms with E-state index in [-0.39, 0.29) is 17.2 Å². The van der Waals surface area contributed by atoms with Gasteiger partial charge in [0.05, 0.1) is 0 Å². The van der Waals surface area contributed by atoms with E-state index in [1.165, 1.54) is 22.5 Å². The average Bonchev–Trinajstić information content (AvgIpc) is 2.66. The number of aryl methyl sites for hydroxylation is 2. The highest BCUT2D eigenvalue weighted by Gasteiger charge is 2.16. The summed E-state index contributed by atoms with van der Waals surface area (Å²) in [6.07, 6.45) is 0.783. The van der Waals surface area contributed by atoms with Crippen molar-refractivity contribution in [2.75, 3.05) is 43.4 Å². The Balaban J connectivity index is 1.73. The largest absolute Gasteiger partial charge is 0.369 e. The number of piperazine rings is 1. The molecule has 0 aliphatic carbocycles. The Labute approximate surface area is 159 Å². The van der Waals surface area contributed by atoms with Crippen molar-refractivity contribution < 1.29 is 4.79 Å². The predicted molar refractivity (Wildman–Crippen MR) is 108 cm³/mol. The molecule has 7 nitrogen and oxygen atoms in total. The number of hydrogen-bond acceptors (Lipinski definition) is 5. The molecule has 0 atom stereocenters. The second-order valence-corrected chi connectivity index (χ2v) is 7.02. The van der Waals surface area contributed by atoms with Gasteiger partial charge in [-0.2, -0.15) is 5.10 Å². The van der Waals surface area contributed by atoms with Crippen LogP contribution in [0.1, 0.15) is 29.4 Å². The van der Waals surface area contributed by atoms with Crippen molar-refractivity contribution in [2.24, 2.45) is 0 Å². The Morgan fingerprint density at radius 1 is 1.15 bits per heavy atom. The van der Waals surface area contributed by atoms with Crippen LogP contribution in [0.5, 0.6) is 0 Å². The molecular formula is C20H27N5O2. The number of hydrogen-bond donors (Lipinski definition) is 1. The van der Waals surface area contributed by atoms with Crippen LogP contribution in [0.3, 0.4) is 0 Å². The lowest BCUT2D eigenvalue weighted by Gasteiger charge is -2.34. The van der Waals surface area contributed by atoms with Gasteiger partial charge in [0.25, 0.3) is 11.5 Å². The maximum Gasteiger partial charge on any atom is 0.276 e. The number of carbonyl (C=O) groups excluding carboxylic acids is 1. The molecule has 0 radical (unpaired) electrons. The van der Waals surface area contributed by atoms with E-state index in [2.05, 4.69) is 33.3 Å². The van der Waals surface area contributed by atoms with Crippen molar-refractivity contribution in [1.29, 1.82) is 0 Å². The van der Waals surface area contributed by atoms with Gasteiger partial charge >= 0.3 is 0 Å². The maximum absolute atomic E-state index is 12.6. The van der Waals surface area contributed by atoms with Gasteiger partial charge in [0.15, 0.2) is 0 Å². The summed E-state index contributed by atoms with van der Waals surface area (Å²) in [6.45, 7) is 8.56. The molecule has 27 heavy (non-hydrogen) atoms. The summed E-state index contributed by atoms with van der Waals surface area (Å²) in [4.78, 5) is 29.0. The molecule has 144 valence electrons. The molecule has 3 rings (SSSR count). The third-order valence-electron chi connectivity index (χ3n) is 4.86. The summed E-state index contributed by atoms with van der Waals surface area (Å²) in [5.74, 6) is -0.310. The molecular weight excluding hydrogens is 342 g/mol.